The number of fused-ring (bicyclic) bond motifs is 6. The highest BCUT2D eigenvalue weighted by atomic mass is 15.2. The second-order valence-corrected chi connectivity index (χ2v) is 13.4. The van der Waals surface area contributed by atoms with Gasteiger partial charge in [0.2, 0.25) is 5.95 Å². The summed E-state index contributed by atoms with van der Waals surface area (Å²) in [5.41, 5.74) is 9.84. The first kappa shape index (κ1) is 26.9. The van der Waals surface area contributed by atoms with Crippen LogP contribution in [-0.2, 0) is 0 Å². The quantitative estimate of drug-likeness (QED) is 0.191. The van der Waals surface area contributed by atoms with Gasteiger partial charge in [-0.05, 0) is 76.1 Å². The number of hydrogen-bond donors (Lipinski definition) is 0. The van der Waals surface area contributed by atoms with Crippen molar-refractivity contribution in [3.63, 3.8) is 0 Å². The molecule has 8 aromatic carbocycles. The monoisotopic (exact) mass is 649 g/mol. The lowest BCUT2D eigenvalue weighted by atomic mass is 9.95. The third-order valence-corrected chi connectivity index (χ3v) is 10.8. The summed E-state index contributed by atoms with van der Waals surface area (Å²) < 4.78 is 6.97. The van der Waals surface area contributed by atoms with Gasteiger partial charge in [-0.15, -0.1) is 0 Å². The zero-order valence-electron chi connectivity index (χ0n) is 27.3. The Morgan fingerprint density at radius 1 is 0.314 bits per heavy atom. The number of benzene rings is 7. The van der Waals surface area contributed by atoms with Crippen LogP contribution in [0.15, 0.2) is 164 Å². The molecule has 0 radical (unpaired) electrons. The van der Waals surface area contributed by atoms with Crippen molar-refractivity contribution in [2.75, 3.05) is 0 Å². The zero-order chi connectivity index (χ0) is 33.2. The summed E-state index contributed by atoms with van der Waals surface area (Å²) >= 11 is 0. The van der Waals surface area contributed by atoms with Crippen LogP contribution >= 0.6 is 0 Å². The topological polar surface area (TPSA) is 40.6 Å². The third kappa shape index (κ3) is 3.44. The minimum Gasteiger partial charge on any atom is -0.309 e. The Kier molecular flexibility index (Phi) is 5.17. The first-order chi connectivity index (χ1) is 25.3. The normalized spacial score (nSPS) is 12.3. The second-order valence-electron chi connectivity index (χ2n) is 13.4. The number of rotatable bonds is 3. The summed E-state index contributed by atoms with van der Waals surface area (Å²) in [7, 11) is 0. The molecule has 4 aromatic heterocycles. The average molecular weight is 650 g/mol. The van der Waals surface area contributed by atoms with Crippen molar-refractivity contribution in [1.29, 1.82) is 0 Å². The fraction of sp³-hybridized carbons (Fsp3) is 0. The lowest BCUT2D eigenvalue weighted by molar-refractivity contribution is 1.01. The molecule has 0 amide bonds. The maximum atomic E-state index is 5.43. The van der Waals surface area contributed by atoms with E-state index in [0.717, 1.165) is 44.3 Å². The van der Waals surface area contributed by atoms with Gasteiger partial charge >= 0.3 is 0 Å². The molecule has 4 heterocycles. The van der Waals surface area contributed by atoms with Crippen LogP contribution < -0.4 is 0 Å². The highest BCUT2D eigenvalue weighted by molar-refractivity contribution is 6.39. The van der Waals surface area contributed by atoms with Crippen LogP contribution in [-0.4, -0.2) is 23.7 Å². The van der Waals surface area contributed by atoms with Crippen molar-refractivity contribution in [1.82, 2.24) is 23.7 Å². The molecule has 0 atom stereocenters. The largest absolute Gasteiger partial charge is 0.309 e. The fourth-order valence-electron chi connectivity index (χ4n) is 8.86. The van der Waals surface area contributed by atoms with Crippen LogP contribution in [0, 0.1) is 0 Å². The van der Waals surface area contributed by atoms with Crippen molar-refractivity contribution in [2.45, 2.75) is 0 Å². The van der Waals surface area contributed by atoms with Crippen LogP contribution in [0.25, 0.3) is 104 Å². The summed E-state index contributed by atoms with van der Waals surface area (Å²) in [6, 6.07) is 56.6. The summed E-state index contributed by atoms with van der Waals surface area (Å²) in [5, 5.41) is 11.0. The minimum absolute atomic E-state index is 0.662. The van der Waals surface area contributed by atoms with Crippen molar-refractivity contribution >= 4 is 87.1 Å². The van der Waals surface area contributed by atoms with Gasteiger partial charge in [0, 0.05) is 38.3 Å². The number of aromatic nitrogens is 5. The molecule has 0 unspecified atom stereocenters. The maximum absolute atomic E-state index is 5.43. The first-order valence-electron chi connectivity index (χ1n) is 17.4. The van der Waals surface area contributed by atoms with E-state index in [4.69, 9.17) is 9.97 Å². The van der Waals surface area contributed by atoms with Gasteiger partial charge in [-0.1, -0.05) is 103 Å². The van der Waals surface area contributed by atoms with Crippen LogP contribution in [0.1, 0.15) is 0 Å². The van der Waals surface area contributed by atoms with E-state index < -0.39 is 0 Å². The molecule has 5 nitrogen and oxygen atoms in total. The molecule has 0 bridgehead atoms. The fourth-order valence-corrected chi connectivity index (χ4v) is 8.86. The molecule has 0 fully saturated rings. The molecule has 0 aliphatic carbocycles. The lowest BCUT2D eigenvalue weighted by Crippen LogP contribution is -2.02. The average Bonchev–Trinajstić information content (AvgIpc) is 3.83. The lowest BCUT2D eigenvalue weighted by Gasteiger charge is -2.09. The van der Waals surface area contributed by atoms with Gasteiger partial charge in [-0.2, -0.15) is 0 Å². The van der Waals surface area contributed by atoms with E-state index >= 15 is 0 Å². The Morgan fingerprint density at radius 3 is 1.39 bits per heavy atom. The Bertz CT molecular complexity index is 3350. The van der Waals surface area contributed by atoms with Crippen LogP contribution in [0.5, 0.6) is 0 Å². The highest BCUT2D eigenvalue weighted by Gasteiger charge is 2.25. The molecule has 0 spiro atoms. The Labute approximate surface area is 291 Å². The third-order valence-electron chi connectivity index (χ3n) is 10.8. The van der Waals surface area contributed by atoms with E-state index in [1.807, 2.05) is 6.20 Å². The van der Waals surface area contributed by atoms with Crippen molar-refractivity contribution in [2.24, 2.45) is 0 Å². The highest BCUT2D eigenvalue weighted by Crippen LogP contribution is 2.47. The van der Waals surface area contributed by atoms with Gasteiger partial charge in [-0.25, -0.2) is 9.97 Å². The number of hydrogen-bond acceptors (Lipinski definition) is 2. The Hall–Kier alpha value is -6.98. The van der Waals surface area contributed by atoms with Crippen LogP contribution in [0.4, 0.5) is 0 Å². The molecule has 5 heteroatoms. The van der Waals surface area contributed by atoms with Gasteiger partial charge < -0.3 is 9.13 Å². The summed E-state index contributed by atoms with van der Waals surface area (Å²) in [4.78, 5) is 10.6. The van der Waals surface area contributed by atoms with Crippen molar-refractivity contribution < 1.29 is 0 Å². The second kappa shape index (κ2) is 9.80. The predicted molar refractivity (Wildman–Crippen MR) is 211 cm³/mol. The molecule has 51 heavy (non-hydrogen) atoms. The Balaban J connectivity index is 1.29. The molecule has 0 N–H and O–H groups in total. The summed E-state index contributed by atoms with van der Waals surface area (Å²) in [6.07, 6.45) is 2.00. The molecule has 12 aromatic rings. The molecule has 0 aliphatic rings. The van der Waals surface area contributed by atoms with Gasteiger partial charge in [0.25, 0.3) is 0 Å². The van der Waals surface area contributed by atoms with Crippen LogP contribution in [0.3, 0.4) is 0 Å². The van der Waals surface area contributed by atoms with Gasteiger partial charge in [0.1, 0.15) is 5.52 Å². The zero-order valence-corrected chi connectivity index (χ0v) is 27.3. The van der Waals surface area contributed by atoms with Gasteiger partial charge in [-0.3, -0.25) is 4.57 Å². The van der Waals surface area contributed by atoms with E-state index in [0.29, 0.717) is 5.95 Å². The van der Waals surface area contributed by atoms with Crippen molar-refractivity contribution in [3.8, 4) is 17.3 Å². The molecule has 0 saturated carbocycles. The molecular formula is C46H27N5. The molecule has 0 saturated heterocycles. The molecule has 12 rings (SSSR count). The summed E-state index contributed by atoms with van der Waals surface area (Å²) in [5.74, 6) is 0.662. The minimum atomic E-state index is 0.662. The van der Waals surface area contributed by atoms with Gasteiger partial charge in [0.05, 0.1) is 39.3 Å². The van der Waals surface area contributed by atoms with E-state index in [1.165, 1.54) is 54.1 Å². The van der Waals surface area contributed by atoms with Crippen molar-refractivity contribution in [3.05, 3.63) is 164 Å². The van der Waals surface area contributed by atoms with Crippen LogP contribution in [0.2, 0.25) is 0 Å². The number of nitrogens with zero attached hydrogens (tertiary/aromatic N) is 5. The SMILES string of the molecule is c1ccc(-n2c3ccccc3c3nc(-n4c5cccc6c7ccccc7c7cccc8c7c7c(c65)c4ccc7n8-c4ccccc4)ncc32)cc1. The number of para-hydroxylation sites is 3. The van der Waals surface area contributed by atoms with Gasteiger partial charge in [0.15, 0.2) is 0 Å². The molecular weight excluding hydrogens is 623 g/mol. The first-order valence-corrected chi connectivity index (χ1v) is 17.4. The standard InChI is InChI=1S/C46H27N5/c1-3-13-28(14-4-1)49-35-22-10-9-19-34(35)45-40(49)27-47-46(48-45)51-37-24-12-21-33-31-18-8-7-17-30(31)32-20-11-23-36-41(32)43-38(25-26-39(51)44(43)42(33)37)50(36)29-15-5-2-6-16-29/h1-27H. The van der Waals surface area contributed by atoms with E-state index in [-0.39, 0.29) is 0 Å². The molecule has 236 valence electrons. The Morgan fingerprint density at radius 2 is 0.765 bits per heavy atom. The molecule has 0 aliphatic heterocycles. The van der Waals surface area contributed by atoms with E-state index in [2.05, 4.69) is 171 Å². The smallest absolute Gasteiger partial charge is 0.235 e. The van der Waals surface area contributed by atoms with E-state index in [9.17, 15) is 0 Å². The summed E-state index contributed by atoms with van der Waals surface area (Å²) in [6.45, 7) is 0. The maximum Gasteiger partial charge on any atom is 0.235 e. The van der Waals surface area contributed by atoms with E-state index in [1.54, 1.807) is 0 Å². The predicted octanol–water partition coefficient (Wildman–Crippen LogP) is 11.5.